The molecule has 2 aliphatic rings. The molecule has 4 rings (SSSR count). The van der Waals surface area contributed by atoms with E-state index in [1.165, 1.54) is 37.4 Å². The lowest BCUT2D eigenvalue weighted by atomic mass is 9.93. The normalized spacial score (nSPS) is 21.6. The third kappa shape index (κ3) is 5.22. The lowest BCUT2D eigenvalue weighted by Gasteiger charge is -2.17. The van der Waals surface area contributed by atoms with Crippen molar-refractivity contribution in [2.75, 3.05) is 17.1 Å². The number of alkyl halides is 3. The van der Waals surface area contributed by atoms with Crippen molar-refractivity contribution in [1.29, 1.82) is 0 Å². The topological polar surface area (TPSA) is 103 Å². The molecule has 0 spiro atoms. The first-order chi connectivity index (χ1) is 15.5. The standard InChI is InChI=1S/C21H19F3N2O6S/c1-30-18-10-12(25-20(27)16-11-14-6-7-17(16)31-14)5-8-19(18)33(28,29)26-13-3-2-4-15(9-13)32-21(22,23)24/h2-10,14,16-17,26H,11H2,1H3,(H,25,27). The second-order valence-corrected chi connectivity index (χ2v) is 9.05. The molecule has 1 amide bonds. The van der Waals surface area contributed by atoms with E-state index < -0.39 is 22.1 Å². The highest BCUT2D eigenvalue weighted by molar-refractivity contribution is 7.92. The molecule has 12 heteroatoms. The van der Waals surface area contributed by atoms with Crippen LogP contribution in [0.4, 0.5) is 24.5 Å². The number of benzene rings is 2. The molecular weight excluding hydrogens is 465 g/mol. The molecule has 1 saturated heterocycles. The number of ether oxygens (including phenoxy) is 3. The van der Waals surface area contributed by atoms with E-state index >= 15 is 0 Å². The molecule has 2 aromatic carbocycles. The van der Waals surface area contributed by atoms with E-state index in [-0.39, 0.29) is 40.4 Å². The van der Waals surface area contributed by atoms with Gasteiger partial charge in [-0.1, -0.05) is 18.2 Å². The Bertz CT molecular complexity index is 1200. The second kappa shape index (κ2) is 8.60. The lowest BCUT2D eigenvalue weighted by molar-refractivity contribution is -0.274. The summed E-state index contributed by atoms with van der Waals surface area (Å²) >= 11 is 0. The quantitative estimate of drug-likeness (QED) is 0.582. The number of anilines is 2. The fourth-order valence-corrected chi connectivity index (χ4v) is 4.90. The zero-order valence-electron chi connectivity index (χ0n) is 17.1. The minimum absolute atomic E-state index is 0.0629. The minimum Gasteiger partial charge on any atom is -0.495 e. The van der Waals surface area contributed by atoms with Crippen LogP contribution in [0.1, 0.15) is 6.42 Å². The van der Waals surface area contributed by atoms with Gasteiger partial charge in [0.25, 0.3) is 10.0 Å². The van der Waals surface area contributed by atoms with Crippen molar-refractivity contribution in [3.05, 3.63) is 54.6 Å². The smallest absolute Gasteiger partial charge is 0.495 e. The number of carbonyl (C=O) groups is 1. The number of hydrogen-bond donors (Lipinski definition) is 2. The summed E-state index contributed by atoms with van der Waals surface area (Å²) in [6, 6.07) is 8.39. The Morgan fingerprint density at radius 2 is 1.91 bits per heavy atom. The molecule has 2 bridgehead atoms. The first-order valence-electron chi connectivity index (χ1n) is 9.75. The van der Waals surface area contributed by atoms with Gasteiger partial charge in [-0.05, 0) is 30.7 Å². The van der Waals surface area contributed by atoms with Crippen LogP contribution in [0.15, 0.2) is 59.5 Å². The van der Waals surface area contributed by atoms with Crippen LogP contribution in [0.25, 0.3) is 0 Å². The van der Waals surface area contributed by atoms with Gasteiger partial charge in [0.2, 0.25) is 5.91 Å². The summed E-state index contributed by atoms with van der Waals surface area (Å²) in [7, 11) is -2.98. The van der Waals surface area contributed by atoms with Gasteiger partial charge in [-0.2, -0.15) is 0 Å². The fourth-order valence-electron chi connectivity index (χ4n) is 3.70. The van der Waals surface area contributed by atoms with Crippen molar-refractivity contribution in [1.82, 2.24) is 0 Å². The zero-order chi connectivity index (χ0) is 23.8. The zero-order valence-corrected chi connectivity index (χ0v) is 17.9. The molecular formula is C21H19F3N2O6S. The number of hydrogen-bond acceptors (Lipinski definition) is 6. The molecule has 2 aliphatic heterocycles. The van der Waals surface area contributed by atoms with Crippen molar-refractivity contribution in [2.24, 2.45) is 5.92 Å². The summed E-state index contributed by atoms with van der Waals surface area (Å²) in [6.07, 6.45) is -0.944. The fraction of sp³-hybridized carbons (Fsp3) is 0.286. The Morgan fingerprint density at radius 3 is 2.55 bits per heavy atom. The lowest BCUT2D eigenvalue weighted by Crippen LogP contribution is -2.29. The molecule has 2 N–H and O–H groups in total. The number of carbonyl (C=O) groups excluding carboxylic acids is 1. The van der Waals surface area contributed by atoms with Crippen LogP contribution in [-0.4, -0.2) is 40.0 Å². The third-order valence-corrected chi connectivity index (χ3v) is 6.53. The largest absolute Gasteiger partial charge is 0.573 e. The van der Waals surface area contributed by atoms with E-state index in [0.717, 1.165) is 12.1 Å². The third-order valence-electron chi connectivity index (χ3n) is 5.11. The highest BCUT2D eigenvalue weighted by Crippen LogP contribution is 2.35. The van der Waals surface area contributed by atoms with Crippen molar-refractivity contribution < 1.29 is 40.6 Å². The van der Waals surface area contributed by atoms with E-state index in [2.05, 4.69) is 14.8 Å². The molecule has 0 aromatic heterocycles. The molecule has 33 heavy (non-hydrogen) atoms. The predicted molar refractivity (Wildman–Crippen MR) is 111 cm³/mol. The van der Waals surface area contributed by atoms with Crippen LogP contribution in [-0.2, 0) is 19.6 Å². The van der Waals surface area contributed by atoms with Gasteiger partial charge in [0.05, 0.1) is 30.9 Å². The number of methoxy groups -OCH3 is 1. The summed E-state index contributed by atoms with van der Waals surface area (Å²) in [4.78, 5) is 12.3. The summed E-state index contributed by atoms with van der Waals surface area (Å²) in [5.41, 5.74) is 0.184. The Labute approximate surface area is 187 Å². The highest BCUT2D eigenvalue weighted by atomic mass is 32.2. The molecule has 176 valence electrons. The maximum Gasteiger partial charge on any atom is 0.573 e. The van der Waals surface area contributed by atoms with Gasteiger partial charge in [-0.15, -0.1) is 13.2 Å². The summed E-state index contributed by atoms with van der Waals surface area (Å²) in [5.74, 6) is -1.24. The Kier molecular flexibility index (Phi) is 5.97. The molecule has 3 unspecified atom stereocenters. The maximum atomic E-state index is 12.8. The van der Waals surface area contributed by atoms with Crippen LogP contribution in [0.3, 0.4) is 0 Å². The van der Waals surface area contributed by atoms with Gasteiger partial charge in [0.15, 0.2) is 0 Å². The van der Waals surface area contributed by atoms with Crippen LogP contribution >= 0.6 is 0 Å². The first-order valence-corrected chi connectivity index (χ1v) is 11.2. The van der Waals surface area contributed by atoms with Gasteiger partial charge >= 0.3 is 6.36 Å². The highest BCUT2D eigenvalue weighted by Gasteiger charge is 2.41. The van der Waals surface area contributed by atoms with Gasteiger partial charge in [0.1, 0.15) is 16.4 Å². The van der Waals surface area contributed by atoms with E-state index in [9.17, 15) is 26.4 Å². The predicted octanol–water partition coefficient (Wildman–Crippen LogP) is 3.68. The average molecular weight is 484 g/mol. The van der Waals surface area contributed by atoms with E-state index in [1.807, 2.05) is 12.2 Å². The van der Waals surface area contributed by atoms with Gasteiger partial charge in [-0.3, -0.25) is 9.52 Å². The molecule has 2 aromatic rings. The maximum absolute atomic E-state index is 12.8. The number of halogens is 3. The molecule has 0 saturated carbocycles. The Balaban J connectivity index is 1.50. The number of rotatable bonds is 7. The summed E-state index contributed by atoms with van der Waals surface area (Å²) in [6.45, 7) is 0. The molecule has 1 fully saturated rings. The van der Waals surface area contributed by atoms with Gasteiger partial charge < -0.3 is 19.5 Å². The molecule has 3 atom stereocenters. The van der Waals surface area contributed by atoms with Crippen molar-refractivity contribution in [3.63, 3.8) is 0 Å². The summed E-state index contributed by atoms with van der Waals surface area (Å²) in [5, 5.41) is 2.73. The van der Waals surface area contributed by atoms with E-state index in [1.54, 1.807) is 0 Å². The van der Waals surface area contributed by atoms with Gasteiger partial charge in [-0.25, -0.2) is 8.42 Å². The van der Waals surface area contributed by atoms with Crippen molar-refractivity contribution in [3.8, 4) is 11.5 Å². The SMILES string of the molecule is COc1cc(NC(=O)C2CC3C=CC2O3)ccc1S(=O)(=O)Nc1cccc(OC(F)(F)F)c1. The molecule has 0 radical (unpaired) electrons. The van der Waals surface area contributed by atoms with Gasteiger partial charge in [0, 0.05) is 17.8 Å². The van der Waals surface area contributed by atoms with Crippen LogP contribution in [0.5, 0.6) is 11.5 Å². The number of nitrogens with one attached hydrogen (secondary N) is 2. The molecule has 2 heterocycles. The van der Waals surface area contributed by atoms with Crippen molar-refractivity contribution in [2.45, 2.75) is 29.9 Å². The molecule has 8 nitrogen and oxygen atoms in total. The molecule has 0 aliphatic carbocycles. The minimum atomic E-state index is -4.92. The van der Waals surface area contributed by atoms with Crippen molar-refractivity contribution >= 4 is 27.3 Å². The monoisotopic (exact) mass is 484 g/mol. The number of amides is 1. The van der Waals surface area contributed by atoms with Crippen LogP contribution < -0.4 is 19.5 Å². The Hall–Kier alpha value is -3.25. The van der Waals surface area contributed by atoms with E-state index in [0.29, 0.717) is 12.1 Å². The van der Waals surface area contributed by atoms with Crippen LogP contribution in [0, 0.1) is 5.92 Å². The number of fused-ring (bicyclic) bond motifs is 2. The van der Waals surface area contributed by atoms with Crippen LogP contribution in [0.2, 0.25) is 0 Å². The number of sulfonamides is 1. The second-order valence-electron chi connectivity index (χ2n) is 7.40. The average Bonchev–Trinajstić information content (AvgIpc) is 3.36. The first kappa shape index (κ1) is 22.9. The Morgan fingerprint density at radius 1 is 1.12 bits per heavy atom. The van der Waals surface area contributed by atoms with E-state index in [4.69, 9.17) is 9.47 Å². The summed E-state index contributed by atoms with van der Waals surface area (Å²) < 4.78 is 79.7.